The molecule has 1 unspecified atom stereocenters. The maximum Gasteiger partial charge on any atom is 0.407 e. The predicted octanol–water partition coefficient (Wildman–Crippen LogP) is 3.42. The van der Waals surface area contributed by atoms with Gasteiger partial charge in [0.05, 0.1) is 31.7 Å². The van der Waals surface area contributed by atoms with Gasteiger partial charge in [-0.2, -0.15) is 0 Å². The van der Waals surface area contributed by atoms with Crippen molar-refractivity contribution < 1.29 is 96.9 Å². The number of anilines is 1. The van der Waals surface area contributed by atoms with Crippen molar-refractivity contribution in [2.45, 2.75) is 186 Å². The van der Waals surface area contributed by atoms with E-state index in [1.807, 2.05) is 65.1 Å². The van der Waals surface area contributed by atoms with E-state index in [0.717, 1.165) is 24.1 Å². The SMILES string of the molecule is CC[C@H](C)[C@H](NC(=O)[C@H]1CCCC[N+]1(C)Cc1ccc(O[C@@H]2O[C@H](C(=O)O)[C@@H](O)[C@@H](O)[C@@H]2O)c(NC(=O)CCNC(=O)[C@H](CNC(=O)OC(C)(C)C)N2C(=O)C=CC2=O)c1)C(=O)N(C)[C@H](C[C@@H](OC)c1nc(C(=O)N[C@@H](Cc2ccccc2)C[C@H](C)C(=O)O)cs1)C(C)C. The minimum atomic E-state index is -2.04. The summed E-state index contributed by atoms with van der Waals surface area (Å²) >= 11 is 1.23. The number of thiazole rings is 1. The number of methoxy groups -OCH3 is 1. The Bertz CT molecular complexity index is 3200. The van der Waals surface area contributed by atoms with Crippen molar-refractivity contribution in [2.75, 3.05) is 46.2 Å². The van der Waals surface area contributed by atoms with E-state index in [0.29, 0.717) is 47.7 Å². The lowest BCUT2D eigenvalue weighted by Crippen LogP contribution is -2.63. The maximum absolute atomic E-state index is 15.0. The molecule has 2 aromatic carbocycles. The van der Waals surface area contributed by atoms with E-state index in [-0.39, 0.29) is 71.2 Å². The zero-order valence-electron chi connectivity index (χ0n) is 55.1. The first-order chi connectivity index (χ1) is 44.2. The number of aliphatic carboxylic acids is 2. The Morgan fingerprint density at radius 3 is 2.18 bits per heavy atom. The van der Waals surface area contributed by atoms with Gasteiger partial charge < -0.3 is 80.4 Å². The van der Waals surface area contributed by atoms with Crippen LogP contribution in [0.1, 0.15) is 133 Å². The summed E-state index contributed by atoms with van der Waals surface area (Å²) in [5, 5.41) is 67.3. The number of carbonyl (C=O) groups is 10. The van der Waals surface area contributed by atoms with Crippen LogP contribution in [0.3, 0.4) is 0 Å². The lowest BCUT2D eigenvalue weighted by atomic mass is 9.92. The van der Waals surface area contributed by atoms with Gasteiger partial charge in [-0.15, -0.1) is 11.3 Å². The third-order valence-corrected chi connectivity index (χ3v) is 18.1. The quantitative estimate of drug-likeness (QED) is 0.0326. The average Bonchev–Trinajstić information content (AvgIpc) is 1.03. The normalized spacial score (nSPS) is 22.8. The van der Waals surface area contributed by atoms with E-state index < -0.39 is 139 Å². The molecule has 29 heteroatoms. The third kappa shape index (κ3) is 20.1. The van der Waals surface area contributed by atoms with E-state index in [9.17, 15) is 73.5 Å². The van der Waals surface area contributed by atoms with Gasteiger partial charge in [0.1, 0.15) is 65.1 Å². The number of hydrogen-bond donors (Lipinski definition) is 10. The van der Waals surface area contributed by atoms with Crippen LogP contribution in [-0.4, -0.2) is 212 Å². The number of aliphatic hydroxyl groups excluding tert-OH is 3. The Hall–Kier alpha value is -7.93. The molecule has 3 aliphatic heterocycles. The van der Waals surface area contributed by atoms with Crippen LogP contribution in [0.4, 0.5) is 10.5 Å². The van der Waals surface area contributed by atoms with Crippen molar-refractivity contribution in [1.82, 2.24) is 36.1 Å². The van der Waals surface area contributed by atoms with E-state index in [2.05, 4.69) is 31.6 Å². The van der Waals surface area contributed by atoms with Crippen molar-refractivity contribution >= 4 is 76.4 Å². The van der Waals surface area contributed by atoms with E-state index in [1.165, 1.54) is 30.6 Å². The summed E-state index contributed by atoms with van der Waals surface area (Å²) in [6.45, 7) is 13.9. The zero-order chi connectivity index (χ0) is 69.5. The van der Waals surface area contributed by atoms with Crippen molar-refractivity contribution in [1.29, 1.82) is 0 Å². The van der Waals surface area contributed by atoms with Crippen LogP contribution in [0.5, 0.6) is 5.75 Å². The van der Waals surface area contributed by atoms with Crippen LogP contribution >= 0.6 is 11.3 Å². The van der Waals surface area contributed by atoms with Crippen molar-refractivity contribution in [2.24, 2.45) is 17.8 Å². The topological polar surface area (TPSA) is 388 Å². The number of likely N-dealkylation sites (N-methyl/N-ethyl adjacent to an activating group) is 2. The van der Waals surface area contributed by atoms with Gasteiger partial charge in [-0.3, -0.25) is 43.3 Å². The molecule has 0 saturated carbocycles. The van der Waals surface area contributed by atoms with Gasteiger partial charge in [0, 0.05) is 75.1 Å². The third-order valence-electron chi connectivity index (χ3n) is 17.2. The molecule has 3 aliphatic rings. The molecule has 94 heavy (non-hydrogen) atoms. The first-order valence-electron chi connectivity index (χ1n) is 31.5. The number of piperidine rings is 1. The molecule has 28 nitrogen and oxygen atoms in total. The molecule has 0 spiro atoms. The standard InChI is InChI=1S/C65H91N9O19S/c1-12-36(4)51(60(84)72(9)43(35(2)3)31-47(90-11)59-70-42(34-94-59)56(81)68-40(28-37(5)61(85)86)29-38-18-14-13-15-19-38)71-58(83)45-20-16-17-27-74(45,10)33-39-21-22-46(91-63-54(80)52(78)53(79)55(92-63)62(87)88)41(30-39)69-48(75)25-26-66-57(82)44(73-49(76)23-24-50(73)77)32-67-64(89)93-65(6,7)8/h13-15,18-19,21-24,30,34-37,40,43-45,47,51-55,63,78-80H,12,16-17,20,25-29,31-33H2,1-11H3,(H6-,66,67,68,69,71,75,81,82,83,85,86,87,88,89)/p+1/t36-,37-,40+,43+,44-,45+,47+,51-,52+,53-,54-,55-,63+,74?/m0/s1. The smallest absolute Gasteiger partial charge is 0.407 e. The van der Waals surface area contributed by atoms with Gasteiger partial charge in [0.2, 0.25) is 24.0 Å². The van der Waals surface area contributed by atoms with E-state index in [4.69, 9.17) is 18.9 Å². The second-order valence-electron chi connectivity index (χ2n) is 25.9. The highest BCUT2D eigenvalue weighted by Gasteiger charge is 2.49. The Kier molecular flexibility index (Phi) is 26.7. The van der Waals surface area contributed by atoms with Gasteiger partial charge in [-0.05, 0) is 82.1 Å². The Labute approximate surface area is 550 Å². The Morgan fingerprint density at radius 2 is 1.56 bits per heavy atom. The number of ether oxygens (including phenoxy) is 4. The van der Waals surface area contributed by atoms with Gasteiger partial charge in [-0.1, -0.05) is 71.4 Å². The monoisotopic (exact) mass is 1330 g/mol. The molecule has 4 heterocycles. The number of imide groups is 1. The molecule has 8 amide bonds. The van der Waals surface area contributed by atoms with Crippen molar-refractivity contribution in [3.8, 4) is 5.75 Å². The highest BCUT2D eigenvalue weighted by molar-refractivity contribution is 7.09. The number of amides is 8. The number of benzene rings is 2. The fourth-order valence-corrected chi connectivity index (χ4v) is 12.6. The van der Waals surface area contributed by atoms with Crippen LogP contribution in [0.25, 0.3) is 0 Å². The number of carbonyl (C=O) groups excluding carboxylic acids is 8. The average molecular weight is 1340 g/mol. The molecule has 3 aromatic rings. The number of quaternary nitrogens is 1. The molecule has 516 valence electrons. The molecule has 2 fully saturated rings. The molecule has 0 radical (unpaired) electrons. The number of hydrogen-bond acceptors (Lipinski definition) is 19. The molecule has 2 saturated heterocycles. The molecule has 1 aromatic heterocycles. The van der Waals surface area contributed by atoms with Crippen LogP contribution in [0.15, 0.2) is 66.1 Å². The van der Waals surface area contributed by atoms with Gasteiger partial charge >= 0.3 is 18.0 Å². The number of rotatable bonds is 31. The summed E-state index contributed by atoms with van der Waals surface area (Å²) in [7, 11) is 5.11. The number of aromatic nitrogens is 1. The first-order valence-corrected chi connectivity index (χ1v) is 32.4. The second kappa shape index (κ2) is 33.4. The number of likely N-dealkylation sites (tertiary alicyclic amines) is 1. The lowest BCUT2D eigenvalue weighted by Gasteiger charge is -2.44. The minimum absolute atomic E-state index is 0.0606. The highest BCUT2D eigenvalue weighted by atomic mass is 32.1. The number of carboxylic acid groups (broad SMARTS) is 2. The van der Waals surface area contributed by atoms with E-state index >= 15 is 0 Å². The molecule has 0 aliphatic carbocycles. The zero-order valence-corrected chi connectivity index (χ0v) is 55.9. The van der Waals surface area contributed by atoms with E-state index in [1.54, 1.807) is 51.1 Å². The number of carboxylic acids is 2. The van der Waals surface area contributed by atoms with Crippen LogP contribution in [0, 0.1) is 17.8 Å². The molecular formula is C65H92N9O19S+. The van der Waals surface area contributed by atoms with Crippen LogP contribution in [-0.2, 0) is 65.5 Å². The summed E-state index contributed by atoms with van der Waals surface area (Å²) in [5.41, 5.74) is 0.638. The van der Waals surface area contributed by atoms with Gasteiger partial charge in [0.25, 0.3) is 23.6 Å². The molecular weight excluding hydrogens is 1240 g/mol. The fourth-order valence-electron chi connectivity index (χ4n) is 11.7. The number of nitrogens with one attached hydrogen (secondary N) is 5. The predicted molar refractivity (Wildman–Crippen MR) is 341 cm³/mol. The van der Waals surface area contributed by atoms with Crippen LogP contribution < -0.4 is 31.3 Å². The molecule has 6 rings (SSSR count). The fraction of sp³-hybridized carbons (Fsp3) is 0.585. The number of alkyl carbamates (subject to hydrolysis) is 1. The summed E-state index contributed by atoms with van der Waals surface area (Å²) in [4.78, 5) is 140. The summed E-state index contributed by atoms with van der Waals surface area (Å²) < 4.78 is 22.7. The second-order valence-corrected chi connectivity index (χ2v) is 26.8. The molecule has 14 atom stereocenters. The lowest BCUT2D eigenvalue weighted by molar-refractivity contribution is -0.942. The molecule has 10 N–H and O–H groups in total. The summed E-state index contributed by atoms with van der Waals surface area (Å²) in [6.07, 6.45) is -6.81. The van der Waals surface area contributed by atoms with Crippen molar-refractivity contribution in [3.05, 3.63) is 87.9 Å². The highest BCUT2D eigenvalue weighted by Crippen LogP contribution is 2.35. The molecule has 0 bridgehead atoms. The Morgan fingerprint density at radius 1 is 0.883 bits per heavy atom. The number of aliphatic hydroxyl groups is 3. The van der Waals surface area contributed by atoms with Gasteiger partial charge in [0.15, 0.2) is 12.1 Å². The largest absolute Gasteiger partial charge is 0.481 e. The van der Waals surface area contributed by atoms with Gasteiger partial charge in [-0.25, -0.2) is 14.6 Å². The first kappa shape index (κ1) is 75.1. The summed E-state index contributed by atoms with van der Waals surface area (Å²) in [6, 6.07) is 9.82. The van der Waals surface area contributed by atoms with Crippen molar-refractivity contribution in [3.63, 3.8) is 0 Å². The van der Waals surface area contributed by atoms with Crippen LogP contribution in [0.2, 0.25) is 0 Å². The Balaban J connectivity index is 1.19. The number of nitrogens with zero attached hydrogens (tertiary/aromatic N) is 4. The summed E-state index contributed by atoms with van der Waals surface area (Å²) in [5.74, 6) is -8.45. The maximum atomic E-state index is 15.0. The minimum Gasteiger partial charge on any atom is -0.481 e.